The Kier molecular flexibility index (Phi) is 12.2. The molecule has 2 rings (SSSR count). The lowest BCUT2D eigenvalue weighted by molar-refractivity contribution is -0.116. The molecule has 0 saturated carbocycles. The molecule has 0 atom stereocenters. The highest BCUT2D eigenvalue weighted by molar-refractivity contribution is 6.02. The fourth-order valence-electron chi connectivity index (χ4n) is 4.19. The van der Waals surface area contributed by atoms with Crippen LogP contribution in [0.2, 0.25) is 0 Å². The number of carbonyl (C=O) groups excluding carboxylic acids is 2. The summed E-state index contributed by atoms with van der Waals surface area (Å²) < 4.78 is 0. The molecule has 1 heterocycles. The quantitative estimate of drug-likeness (QED) is 0.372. The normalized spacial score (nSPS) is 13.6. The molecule has 2 amide bonds. The molecule has 180 valence electrons. The minimum atomic E-state index is -0.0613. The van der Waals surface area contributed by atoms with Gasteiger partial charge in [0.05, 0.1) is 5.56 Å². The maximum absolute atomic E-state index is 13.0. The summed E-state index contributed by atoms with van der Waals surface area (Å²) in [5.41, 5.74) is 2.34. The minimum Gasteiger partial charge on any atom is -0.371 e. The zero-order valence-electron chi connectivity index (χ0n) is 20.5. The van der Waals surface area contributed by atoms with E-state index in [0.29, 0.717) is 24.2 Å². The molecule has 32 heavy (non-hydrogen) atoms. The number of rotatable bonds is 15. The number of hydrogen-bond donors (Lipinski definition) is 2. The summed E-state index contributed by atoms with van der Waals surface area (Å²) in [6.07, 6.45) is 12.1. The lowest BCUT2D eigenvalue weighted by Gasteiger charge is -2.22. The highest BCUT2D eigenvalue weighted by Crippen LogP contribution is 2.27. The van der Waals surface area contributed by atoms with Crippen LogP contribution < -0.4 is 15.5 Å². The Morgan fingerprint density at radius 2 is 1.66 bits per heavy atom. The maximum Gasteiger partial charge on any atom is 0.253 e. The standard InChI is InChI=1S/C26H44N4O2/c1-4-5-6-7-8-9-10-14-25(31)28-22-15-16-24(30-19-11-12-20-30)23(21-22)26(32)27-17-13-18-29(2)3/h15-16,21H,4-14,17-20H2,1-3H3,(H,27,32)(H,28,31). The summed E-state index contributed by atoms with van der Waals surface area (Å²) in [5, 5.41) is 6.06. The highest BCUT2D eigenvalue weighted by atomic mass is 16.2. The third kappa shape index (κ3) is 9.60. The number of nitrogens with zero attached hydrogens (tertiary/aromatic N) is 2. The van der Waals surface area contributed by atoms with Crippen LogP contribution in [0, 0.1) is 0 Å². The molecule has 0 aromatic heterocycles. The minimum absolute atomic E-state index is 0.0322. The van der Waals surface area contributed by atoms with Crippen LogP contribution in [0.5, 0.6) is 0 Å². The smallest absolute Gasteiger partial charge is 0.253 e. The second-order valence-electron chi connectivity index (χ2n) is 9.26. The average Bonchev–Trinajstić information content (AvgIpc) is 3.30. The average molecular weight is 445 g/mol. The first-order valence-corrected chi connectivity index (χ1v) is 12.6. The van der Waals surface area contributed by atoms with E-state index in [4.69, 9.17) is 0 Å². The van der Waals surface area contributed by atoms with Gasteiger partial charge in [-0.15, -0.1) is 0 Å². The van der Waals surface area contributed by atoms with Crippen LogP contribution in [0.3, 0.4) is 0 Å². The predicted molar refractivity (Wildman–Crippen MR) is 135 cm³/mol. The monoisotopic (exact) mass is 444 g/mol. The Morgan fingerprint density at radius 3 is 2.34 bits per heavy atom. The lowest BCUT2D eigenvalue weighted by Crippen LogP contribution is -2.29. The van der Waals surface area contributed by atoms with Crippen LogP contribution in [0.15, 0.2) is 18.2 Å². The largest absolute Gasteiger partial charge is 0.371 e. The first kappa shape index (κ1) is 26.2. The molecule has 0 unspecified atom stereocenters. The second-order valence-corrected chi connectivity index (χ2v) is 9.26. The first-order chi connectivity index (χ1) is 15.5. The molecule has 6 nitrogen and oxygen atoms in total. The third-order valence-electron chi connectivity index (χ3n) is 6.05. The van der Waals surface area contributed by atoms with E-state index >= 15 is 0 Å². The van der Waals surface area contributed by atoms with E-state index in [1.807, 2.05) is 32.3 Å². The Bertz CT molecular complexity index is 699. The lowest BCUT2D eigenvalue weighted by atomic mass is 10.1. The third-order valence-corrected chi connectivity index (χ3v) is 6.05. The molecule has 1 aromatic carbocycles. The molecule has 2 N–H and O–H groups in total. The van der Waals surface area contributed by atoms with Gasteiger partial charge in [-0.1, -0.05) is 45.4 Å². The summed E-state index contributed by atoms with van der Waals surface area (Å²) >= 11 is 0. The zero-order valence-corrected chi connectivity index (χ0v) is 20.5. The van der Waals surface area contributed by atoms with Gasteiger partial charge in [-0.05, 0) is 64.5 Å². The Hall–Kier alpha value is -2.08. The van der Waals surface area contributed by atoms with Crippen LogP contribution in [-0.2, 0) is 4.79 Å². The fourth-order valence-corrected chi connectivity index (χ4v) is 4.19. The van der Waals surface area contributed by atoms with E-state index in [-0.39, 0.29) is 11.8 Å². The van der Waals surface area contributed by atoms with E-state index in [9.17, 15) is 9.59 Å². The van der Waals surface area contributed by atoms with E-state index in [1.54, 1.807) is 0 Å². The van der Waals surface area contributed by atoms with Gasteiger partial charge in [0.1, 0.15) is 0 Å². The topological polar surface area (TPSA) is 64.7 Å². The number of hydrogen-bond acceptors (Lipinski definition) is 4. The van der Waals surface area contributed by atoms with Crippen molar-refractivity contribution < 1.29 is 9.59 Å². The summed E-state index contributed by atoms with van der Waals surface area (Å²) in [5.74, 6) is -0.0290. The van der Waals surface area contributed by atoms with Crippen LogP contribution in [-0.4, -0.2) is 57.0 Å². The van der Waals surface area contributed by atoms with Gasteiger partial charge in [0, 0.05) is 37.4 Å². The molecule has 1 aliphatic heterocycles. The van der Waals surface area contributed by atoms with Crippen molar-refractivity contribution in [3.8, 4) is 0 Å². The van der Waals surface area contributed by atoms with E-state index in [2.05, 4.69) is 27.4 Å². The van der Waals surface area contributed by atoms with Crippen LogP contribution in [0.1, 0.15) is 87.9 Å². The van der Waals surface area contributed by atoms with Crippen molar-refractivity contribution in [1.29, 1.82) is 0 Å². The number of benzene rings is 1. The zero-order chi connectivity index (χ0) is 23.2. The predicted octanol–water partition coefficient (Wildman–Crippen LogP) is 5.05. The van der Waals surface area contributed by atoms with E-state index < -0.39 is 0 Å². The summed E-state index contributed by atoms with van der Waals surface area (Å²) in [4.78, 5) is 29.8. The van der Waals surface area contributed by atoms with Gasteiger partial charge in [0.15, 0.2) is 0 Å². The van der Waals surface area contributed by atoms with Crippen molar-refractivity contribution in [2.45, 2.75) is 77.6 Å². The fraction of sp³-hybridized carbons (Fsp3) is 0.692. The maximum atomic E-state index is 13.0. The molecule has 1 fully saturated rings. The van der Waals surface area contributed by atoms with Gasteiger partial charge in [0.25, 0.3) is 5.91 Å². The van der Waals surface area contributed by atoms with Gasteiger partial charge in [-0.2, -0.15) is 0 Å². The number of amides is 2. The van der Waals surface area contributed by atoms with Gasteiger partial charge in [-0.3, -0.25) is 9.59 Å². The van der Waals surface area contributed by atoms with Gasteiger partial charge in [-0.25, -0.2) is 0 Å². The van der Waals surface area contributed by atoms with E-state index in [1.165, 1.54) is 32.1 Å². The van der Waals surface area contributed by atoms with Crippen LogP contribution >= 0.6 is 0 Å². The van der Waals surface area contributed by atoms with Crippen molar-refractivity contribution in [2.24, 2.45) is 0 Å². The number of unbranched alkanes of at least 4 members (excludes halogenated alkanes) is 6. The molecular formula is C26H44N4O2. The Labute approximate surface area is 195 Å². The summed E-state index contributed by atoms with van der Waals surface area (Å²) in [6, 6.07) is 5.76. The van der Waals surface area contributed by atoms with Crippen molar-refractivity contribution >= 4 is 23.2 Å². The molecule has 0 radical (unpaired) electrons. The van der Waals surface area contributed by atoms with Crippen molar-refractivity contribution in [1.82, 2.24) is 10.2 Å². The Balaban J connectivity index is 1.91. The van der Waals surface area contributed by atoms with Crippen LogP contribution in [0.4, 0.5) is 11.4 Å². The molecule has 1 saturated heterocycles. The molecule has 0 bridgehead atoms. The molecule has 6 heteroatoms. The van der Waals surface area contributed by atoms with Gasteiger partial charge in [0.2, 0.25) is 5.91 Å². The summed E-state index contributed by atoms with van der Waals surface area (Å²) in [7, 11) is 4.07. The first-order valence-electron chi connectivity index (χ1n) is 12.6. The second kappa shape index (κ2) is 14.9. The molecule has 1 aliphatic rings. The van der Waals surface area contributed by atoms with Gasteiger partial charge >= 0.3 is 0 Å². The number of nitrogens with one attached hydrogen (secondary N) is 2. The van der Waals surface area contributed by atoms with E-state index in [0.717, 1.165) is 57.4 Å². The SMILES string of the molecule is CCCCCCCCCC(=O)Nc1ccc(N2CCCC2)c(C(=O)NCCCN(C)C)c1. The van der Waals surface area contributed by atoms with Crippen LogP contribution in [0.25, 0.3) is 0 Å². The van der Waals surface area contributed by atoms with Gasteiger partial charge < -0.3 is 20.4 Å². The van der Waals surface area contributed by atoms with Crippen molar-refractivity contribution in [3.05, 3.63) is 23.8 Å². The highest BCUT2D eigenvalue weighted by Gasteiger charge is 2.20. The Morgan fingerprint density at radius 1 is 0.969 bits per heavy atom. The molecule has 0 spiro atoms. The molecule has 0 aliphatic carbocycles. The number of carbonyl (C=O) groups is 2. The number of anilines is 2. The molecule has 1 aromatic rings. The molecular weight excluding hydrogens is 400 g/mol. The van der Waals surface area contributed by atoms with Crippen molar-refractivity contribution in [2.75, 3.05) is 50.5 Å². The summed E-state index contributed by atoms with van der Waals surface area (Å²) in [6.45, 7) is 5.76. The van der Waals surface area contributed by atoms with Crippen molar-refractivity contribution in [3.63, 3.8) is 0 Å².